The van der Waals surface area contributed by atoms with Crippen LogP contribution in [0.4, 0.5) is 0 Å². The fourth-order valence-electron chi connectivity index (χ4n) is 5.82. The molecule has 3 aliphatic rings. The number of halogens is 1. The summed E-state index contributed by atoms with van der Waals surface area (Å²) >= 11 is 0. The average molecular weight is 429 g/mol. The fraction of sp³-hybridized carbons (Fsp3) is 0.560. The first-order chi connectivity index (χ1) is 14.2. The summed E-state index contributed by atoms with van der Waals surface area (Å²) in [6.45, 7) is 2.79. The summed E-state index contributed by atoms with van der Waals surface area (Å²) in [5, 5.41) is 5.87. The second-order valence-electron chi connectivity index (χ2n) is 9.24. The summed E-state index contributed by atoms with van der Waals surface area (Å²) in [6, 6.07) is 13.0. The van der Waals surface area contributed by atoms with E-state index in [2.05, 4.69) is 46.6 Å². The summed E-state index contributed by atoms with van der Waals surface area (Å²) in [7, 11) is 1.74. The zero-order chi connectivity index (χ0) is 19.8. The summed E-state index contributed by atoms with van der Waals surface area (Å²) in [5.41, 5.74) is 1.44. The van der Waals surface area contributed by atoms with Gasteiger partial charge in [-0.05, 0) is 67.4 Å². The number of nitrogens with one attached hydrogen (secondary N) is 1. The molecular formula is C25H33ClN2O2. The van der Waals surface area contributed by atoms with Gasteiger partial charge in [0.15, 0.2) is 0 Å². The minimum absolute atomic E-state index is 0. The van der Waals surface area contributed by atoms with Gasteiger partial charge in [0.1, 0.15) is 5.75 Å². The monoisotopic (exact) mass is 428 g/mol. The Morgan fingerprint density at radius 2 is 1.87 bits per heavy atom. The van der Waals surface area contributed by atoms with Crippen LogP contribution in [-0.2, 0) is 11.3 Å². The van der Waals surface area contributed by atoms with Gasteiger partial charge in [-0.2, -0.15) is 0 Å². The summed E-state index contributed by atoms with van der Waals surface area (Å²) in [4.78, 5) is 16.0. The number of carbonyl (C=O) groups excluding carboxylic acids is 1. The van der Waals surface area contributed by atoms with Crippen molar-refractivity contribution in [1.82, 2.24) is 10.2 Å². The van der Waals surface area contributed by atoms with E-state index in [1.807, 2.05) is 0 Å². The van der Waals surface area contributed by atoms with Crippen molar-refractivity contribution in [3.05, 3.63) is 42.0 Å². The molecule has 2 saturated carbocycles. The first-order valence-corrected chi connectivity index (χ1v) is 11.3. The number of hydrogen-bond acceptors (Lipinski definition) is 3. The third-order valence-corrected chi connectivity index (χ3v) is 7.68. The molecule has 0 aromatic heterocycles. The molecule has 0 radical (unpaired) electrons. The lowest BCUT2D eigenvalue weighted by molar-refractivity contribution is -0.136. The second kappa shape index (κ2) is 8.76. The number of amides is 1. The predicted molar refractivity (Wildman–Crippen MR) is 123 cm³/mol. The molecule has 1 spiro atoms. The number of nitrogens with zero attached hydrogens (tertiary/aromatic N) is 1. The van der Waals surface area contributed by atoms with Crippen molar-refractivity contribution in [2.24, 2.45) is 11.3 Å². The number of carbonyl (C=O) groups is 1. The van der Waals surface area contributed by atoms with E-state index >= 15 is 0 Å². The predicted octanol–water partition coefficient (Wildman–Crippen LogP) is 4.93. The Kier molecular flexibility index (Phi) is 6.26. The van der Waals surface area contributed by atoms with Crippen molar-refractivity contribution in [1.29, 1.82) is 0 Å². The lowest BCUT2D eigenvalue weighted by atomic mass is 9.91. The maximum atomic E-state index is 13.8. The normalized spacial score (nSPS) is 22.6. The number of benzene rings is 2. The third-order valence-electron chi connectivity index (χ3n) is 7.68. The minimum atomic E-state index is 0. The van der Waals surface area contributed by atoms with Gasteiger partial charge in [0.25, 0.3) is 0 Å². The SMILES string of the molecule is COc1ccc2ccccc2c1CN(C(=O)C1CC12CCNCC2)C1CCCC1.Cl. The second-order valence-corrected chi connectivity index (χ2v) is 9.24. The Hall–Kier alpha value is -1.78. The third kappa shape index (κ3) is 3.80. The Balaban J connectivity index is 0.00000218. The van der Waals surface area contributed by atoms with E-state index in [9.17, 15) is 4.79 Å². The van der Waals surface area contributed by atoms with E-state index in [-0.39, 0.29) is 23.7 Å². The topological polar surface area (TPSA) is 41.6 Å². The Bertz CT molecular complexity index is 903. The van der Waals surface area contributed by atoms with Gasteiger partial charge in [-0.3, -0.25) is 4.79 Å². The van der Waals surface area contributed by atoms with Crippen molar-refractivity contribution < 1.29 is 9.53 Å². The van der Waals surface area contributed by atoms with Gasteiger partial charge in [0, 0.05) is 17.5 Å². The highest BCUT2D eigenvalue weighted by Gasteiger charge is 2.59. The van der Waals surface area contributed by atoms with Crippen molar-refractivity contribution >= 4 is 29.1 Å². The molecule has 1 saturated heterocycles. The first kappa shape index (κ1) is 21.5. The van der Waals surface area contributed by atoms with Crippen molar-refractivity contribution in [2.45, 2.75) is 57.5 Å². The zero-order valence-corrected chi connectivity index (χ0v) is 18.7. The molecule has 5 rings (SSSR count). The smallest absolute Gasteiger partial charge is 0.226 e. The first-order valence-electron chi connectivity index (χ1n) is 11.3. The Morgan fingerprint density at radius 1 is 1.13 bits per heavy atom. The van der Waals surface area contributed by atoms with Crippen molar-refractivity contribution in [3.8, 4) is 5.75 Å². The number of ether oxygens (including phenoxy) is 1. The van der Waals surface area contributed by atoms with E-state index in [1.54, 1.807) is 7.11 Å². The molecule has 2 aliphatic carbocycles. The maximum Gasteiger partial charge on any atom is 0.226 e. The number of fused-ring (bicyclic) bond motifs is 1. The van der Waals surface area contributed by atoms with Crippen LogP contribution < -0.4 is 10.1 Å². The highest BCUT2D eigenvalue weighted by molar-refractivity contribution is 5.89. The Morgan fingerprint density at radius 3 is 2.60 bits per heavy atom. The fourth-order valence-corrected chi connectivity index (χ4v) is 5.82. The van der Waals surface area contributed by atoms with Crippen LogP contribution in [0.25, 0.3) is 10.8 Å². The largest absolute Gasteiger partial charge is 0.496 e. The van der Waals surface area contributed by atoms with E-state index in [4.69, 9.17) is 4.74 Å². The van der Waals surface area contributed by atoms with Crippen LogP contribution in [0.3, 0.4) is 0 Å². The number of methoxy groups -OCH3 is 1. The molecule has 2 aromatic rings. The number of hydrogen-bond donors (Lipinski definition) is 1. The van der Waals surface area contributed by atoms with Crippen molar-refractivity contribution in [2.75, 3.05) is 20.2 Å². The van der Waals surface area contributed by atoms with Gasteiger partial charge in [-0.25, -0.2) is 0 Å². The summed E-state index contributed by atoms with van der Waals surface area (Å²) < 4.78 is 5.74. The molecule has 1 heterocycles. The van der Waals surface area contributed by atoms with Crippen LogP contribution in [0.1, 0.15) is 50.5 Å². The van der Waals surface area contributed by atoms with Gasteiger partial charge >= 0.3 is 0 Å². The van der Waals surface area contributed by atoms with Crippen LogP contribution >= 0.6 is 12.4 Å². The van der Waals surface area contributed by atoms with E-state index < -0.39 is 0 Å². The lowest BCUT2D eigenvalue weighted by Crippen LogP contribution is -2.41. The highest BCUT2D eigenvalue weighted by Crippen LogP contribution is 2.59. The summed E-state index contributed by atoms with van der Waals surface area (Å²) in [6.07, 6.45) is 8.14. The molecule has 1 N–H and O–H groups in total. The van der Waals surface area contributed by atoms with Gasteiger partial charge in [0.05, 0.1) is 13.7 Å². The highest BCUT2D eigenvalue weighted by atomic mass is 35.5. The van der Waals surface area contributed by atoms with E-state index in [0.717, 1.165) is 56.5 Å². The molecule has 4 nitrogen and oxygen atoms in total. The van der Waals surface area contributed by atoms with Crippen molar-refractivity contribution in [3.63, 3.8) is 0 Å². The molecular weight excluding hydrogens is 396 g/mol. The van der Waals surface area contributed by atoms with Gasteiger partial charge in [0.2, 0.25) is 5.91 Å². The molecule has 2 aromatic carbocycles. The molecule has 1 aliphatic heterocycles. The standard InChI is InChI=1S/C25H32N2O2.ClH/c1-29-23-11-10-18-6-2-5-9-20(18)21(23)17-27(19-7-3-4-8-19)24(28)22-16-25(22)12-14-26-15-13-25;/h2,5-6,9-11,19,22,26H,3-4,7-8,12-17H2,1H3;1H. The van der Waals surface area contributed by atoms with Crippen LogP contribution in [0.15, 0.2) is 36.4 Å². The minimum Gasteiger partial charge on any atom is -0.496 e. The molecule has 1 atom stereocenters. The quantitative estimate of drug-likeness (QED) is 0.734. The summed E-state index contributed by atoms with van der Waals surface area (Å²) in [5.74, 6) is 1.52. The molecule has 3 fully saturated rings. The maximum absolute atomic E-state index is 13.8. The molecule has 1 amide bonds. The van der Waals surface area contributed by atoms with E-state index in [1.165, 1.54) is 23.6 Å². The average Bonchev–Trinajstić information content (AvgIpc) is 3.18. The number of rotatable bonds is 5. The molecule has 5 heteroatoms. The van der Waals surface area contributed by atoms with E-state index in [0.29, 0.717) is 18.5 Å². The van der Waals surface area contributed by atoms with Gasteiger partial charge in [-0.1, -0.05) is 43.2 Å². The van der Waals surface area contributed by atoms with Crippen LogP contribution in [0.5, 0.6) is 5.75 Å². The lowest BCUT2D eigenvalue weighted by Gasteiger charge is -2.32. The van der Waals surface area contributed by atoms with Crippen LogP contribution in [-0.4, -0.2) is 37.0 Å². The molecule has 1 unspecified atom stereocenters. The van der Waals surface area contributed by atoms with Crippen LogP contribution in [0.2, 0.25) is 0 Å². The number of piperidine rings is 1. The molecule has 30 heavy (non-hydrogen) atoms. The van der Waals surface area contributed by atoms with Crippen LogP contribution in [0, 0.1) is 11.3 Å². The molecule has 162 valence electrons. The van der Waals surface area contributed by atoms with Gasteiger partial charge in [-0.15, -0.1) is 12.4 Å². The van der Waals surface area contributed by atoms with Gasteiger partial charge < -0.3 is 15.0 Å². The zero-order valence-electron chi connectivity index (χ0n) is 17.9. The Labute approximate surface area is 185 Å². The molecule has 0 bridgehead atoms.